The zero-order valence-electron chi connectivity index (χ0n) is 17.4. The average molecular weight is 416 g/mol. The summed E-state index contributed by atoms with van der Waals surface area (Å²) in [6.45, 7) is 0.829. The van der Waals surface area contributed by atoms with Crippen molar-refractivity contribution in [3.05, 3.63) is 97.1 Å². The van der Waals surface area contributed by atoms with E-state index in [1.165, 1.54) is 0 Å². The van der Waals surface area contributed by atoms with Crippen molar-refractivity contribution in [2.45, 2.75) is 0 Å². The van der Waals surface area contributed by atoms with E-state index in [-0.39, 0.29) is 0 Å². The molecule has 32 heavy (non-hydrogen) atoms. The summed E-state index contributed by atoms with van der Waals surface area (Å²) in [5, 5.41) is 4.37. The first-order valence-corrected chi connectivity index (χ1v) is 10.7. The topological polar surface area (TPSA) is 44.2 Å². The molecule has 0 saturated heterocycles. The molecule has 0 unspecified atom stereocenters. The number of fused-ring (bicyclic) bond motifs is 4. The minimum absolute atomic E-state index is 0.414. The van der Waals surface area contributed by atoms with E-state index in [4.69, 9.17) is 19.4 Å². The lowest BCUT2D eigenvalue weighted by Crippen LogP contribution is -2.09. The molecule has 0 saturated carbocycles. The Balaban J connectivity index is 1.22. The number of aromatic nitrogens is 2. The number of pyridine rings is 2. The molecule has 0 atom stereocenters. The molecule has 0 amide bonds. The van der Waals surface area contributed by atoms with E-state index in [1.807, 2.05) is 60.7 Å². The number of nitrogens with zero attached hydrogens (tertiary/aromatic N) is 2. The fourth-order valence-electron chi connectivity index (χ4n) is 4.09. The maximum atomic E-state index is 6.06. The number of hydrogen-bond donors (Lipinski definition) is 0. The zero-order valence-corrected chi connectivity index (χ0v) is 17.4. The molecule has 0 aliphatic rings. The van der Waals surface area contributed by atoms with Crippen molar-refractivity contribution >= 4 is 43.6 Å². The predicted octanol–water partition coefficient (Wildman–Crippen LogP) is 6.55. The molecule has 2 aromatic heterocycles. The largest absolute Gasteiger partial charge is 0.488 e. The highest BCUT2D eigenvalue weighted by Gasteiger charge is 2.08. The van der Waals surface area contributed by atoms with E-state index < -0.39 is 0 Å². The van der Waals surface area contributed by atoms with Gasteiger partial charge >= 0.3 is 0 Å². The van der Waals surface area contributed by atoms with Crippen LogP contribution in [0.3, 0.4) is 0 Å². The Hall–Kier alpha value is -4.18. The van der Waals surface area contributed by atoms with Crippen molar-refractivity contribution < 1.29 is 9.47 Å². The van der Waals surface area contributed by atoms with Crippen LogP contribution >= 0.6 is 0 Å². The molecule has 0 radical (unpaired) electrons. The second-order valence-corrected chi connectivity index (χ2v) is 7.71. The summed E-state index contributed by atoms with van der Waals surface area (Å²) >= 11 is 0. The normalized spacial score (nSPS) is 11.4. The molecular formula is C28H20N2O2. The summed E-state index contributed by atoms with van der Waals surface area (Å²) in [6.07, 6.45) is 0. The Labute approximate surface area is 185 Å². The summed E-state index contributed by atoms with van der Waals surface area (Å²) < 4.78 is 12.1. The highest BCUT2D eigenvalue weighted by atomic mass is 16.5. The van der Waals surface area contributed by atoms with Gasteiger partial charge in [0.05, 0.1) is 11.0 Å². The van der Waals surface area contributed by atoms with Crippen molar-refractivity contribution in [1.82, 2.24) is 9.97 Å². The van der Waals surface area contributed by atoms with Crippen LogP contribution in [-0.4, -0.2) is 23.2 Å². The van der Waals surface area contributed by atoms with Crippen molar-refractivity contribution in [2.24, 2.45) is 0 Å². The maximum absolute atomic E-state index is 6.06. The minimum atomic E-state index is 0.414. The predicted molar refractivity (Wildman–Crippen MR) is 129 cm³/mol. The van der Waals surface area contributed by atoms with Crippen LogP contribution in [0.4, 0.5) is 0 Å². The number of para-hydroxylation sites is 4. The van der Waals surface area contributed by atoms with Crippen LogP contribution in [0.5, 0.6) is 11.5 Å². The number of benzene rings is 4. The van der Waals surface area contributed by atoms with Gasteiger partial charge in [0, 0.05) is 21.5 Å². The van der Waals surface area contributed by atoms with Gasteiger partial charge < -0.3 is 9.47 Å². The van der Waals surface area contributed by atoms with Crippen LogP contribution < -0.4 is 9.47 Å². The third-order valence-electron chi connectivity index (χ3n) is 5.62. The summed E-state index contributed by atoms with van der Waals surface area (Å²) in [5.74, 6) is 1.53. The van der Waals surface area contributed by atoms with E-state index >= 15 is 0 Å². The second-order valence-electron chi connectivity index (χ2n) is 7.71. The Morgan fingerprint density at radius 3 is 1.41 bits per heavy atom. The standard InChI is InChI=1S/C28H20N2O2/c1-3-11-23-19(7-1)17-21-9-5-13-25(27(21)29-23)31-15-16-32-26-14-6-10-22-18-20-8-2-4-12-24(20)30-28(22)26/h1-14,17-18H,15-16H2. The molecule has 6 rings (SSSR count). The van der Waals surface area contributed by atoms with Crippen LogP contribution in [-0.2, 0) is 0 Å². The molecule has 4 nitrogen and oxygen atoms in total. The first-order valence-electron chi connectivity index (χ1n) is 10.7. The monoisotopic (exact) mass is 416 g/mol. The maximum Gasteiger partial charge on any atom is 0.145 e. The molecule has 154 valence electrons. The summed E-state index contributed by atoms with van der Waals surface area (Å²) in [7, 11) is 0. The number of hydrogen-bond acceptors (Lipinski definition) is 4. The van der Waals surface area contributed by atoms with E-state index in [0.29, 0.717) is 13.2 Å². The third-order valence-corrected chi connectivity index (χ3v) is 5.62. The summed E-state index contributed by atoms with van der Waals surface area (Å²) in [4.78, 5) is 9.62. The van der Waals surface area contributed by atoms with Gasteiger partial charge in [-0.3, -0.25) is 0 Å². The Bertz CT molecular complexity index is 1470. The average Bonchev–Trinajstić information content (AvgIpc) is 2.84. The van der Waals surface area contributed by atoms with E-state index in [2.05, 4.69) is 36.4 Å². The Morgan fingerprint density at radius 2 is 0.906 bits per heavy atom. The van der Waals surface area contributed by atoms with Gasteiger partial charge in [0.15, 0.2) is 0 Å². The Kier molecular flexibility index (Phi) is 4.54. The molecule has 0 bridgehead atoms. The number of rotatable bonds is 5. The van der Waals surface area contributed by atoms with Crippen LogP contribution in [0.25, 0.3) is 43.6 Å². The first kappa shape index (κ1) is 18.6. The highest BCUT2D eigenvalue weighted by molar-refractivity contribution is 5.96. The third kappa shape index (κ3) is 3.36. The lowest BCUT2D eigenvalue weighted by Gasteiger charge is -2.12. The lowest BCUT2D eigenvalue weighted by atomic mass is 10.1. The quantitative estimate of drug-likeness (QED) is 0.236. The van der Waals surface area contributed by atoms with E-state index in [9.17, 15) is 0 Å². The van der Waals surface area contributed by atoms with Crippen LogP contribution in [0.1, 0.15) is 0 Å². The fourth-order valence-corrected chi connectivity index (χ4v) is 4.09. The molecular weight excluding hydrogens is 396 g/mol. The van der Waals surface area contributed by atoms with Crippen LogP contribution in [0.2, 0.25) is 0 Å². The molecule has 0 aliphatic heterocycles. The van der Waals surface area contributed by atoms with E-state index in [1.54, 1.807) is 0 Å². The lowest BCUT2D eigenvalue weighted by molar-refractivity contribution is 0.220. The molecule has 4 heteroatoms. The molecule has 0 N–H and O–H groups in total. The van der Waals surface area contributed by atoms with Crippen molar-refractivity contribution in [1.29, 1.82) is 0 Å². The van der Waals surface area contributed by atoms with Gasteiger partial charge in [0.25, 0.3) is 0 Å². The summed E-state index contributed by atoms with van der Waals surface area (Å²) in [6, 6.07) is 32.5. The van der Waals surface area contributed by atoms with Gasteiger partial charge in [0.1, 0.15) is 35.7 Å². The Morgan fingerprint density at radius 1 is 0.469 bits per heavy atom. The highest BCUT2D eigenvalue weighted by Crippen LogP contribution is 2.28. The second kappa shape index (κ2) is 7.82. The van der Waals surface area contributed by atoms with Crippen LogP contribution in [0, 0.1) is 0 Å². The molecule has 2 heterocycles. The van der Waals surface area contributed by atoms with Gasteiger partial charge in [0.2, 0.25) is 0 Å². The number of ether oxygens (including phenoxy) is 2. The minimum Gasteiger partial charge on any atom is -0.488 e. The van der Waals surface area contributed by atoms with Crippen molar-refractivity contribution in [3.8, 4) is 11.5 Å². The van der Waals surface area contributed by atoms with Gasteiger partial charge in [-0.05, 0) is 36.4 Å². The van der Waals surface area contributed by atoms with Crippen molar-refractivity contribution in [3.63, 3.8) is 0 Å². The van der Waals surface area contributed by atoms with Crippen LogP contribution in [0.15, 0.2) is 97.1 Å². The molecule has 0 spiro atoms. The molecule has 0 fully saturated rings. The van der Waals surface area contributed by atoms with Gasteiger partial charge in [-0.2, -0.15) is 0 Å². The zero-order chi connectivity index (χ0) is 21.3. The van der Waals surface area contributed by atoms with E-state index in [0.717, 1.165) is 55.1 Å². The SMILES string of the molecule is c1ccc2nc3c(OCCOc4cccc5cc6ccccc6nc45)cccc3cc2c1. The first-order chi connectivity index (χ1) is 15.8. The van der Waals surface area contributed by atoms with Gasteiger partial charge in [-0.1, -0.05) is 60.7 Å². The molecule has 6 aromatic rings. The van der Waals surface area contributed by atoms with Gasteiger partial charge in [-0.25, -0.2) is 9.97 Å². The van der Waals surface area contributed by atoms with Gasteiger partial charge in [-0.15, -0.1) is 0 Å². The molecule has 4 aromatic carbocycles. The molecule has 0 aliphatic carbocycles. The fraction of sp³-hybridized carbons (Fsp3) is 0.0714. The van der Waals surface area contributed by atoms with Crippen molar-refractivity contribution in [2.75, 3.05) is 13.2 Å². The smallest absolute Gasteiger partial charge is 0.145 e. The summed E-state index contributed by atoms with van der Waals surface area (Å²) in [5.41, 5.74) is 3.65.